The Hall–Kier alpha value is -2.35. The summed E-state index contributed by atoms with van der Waals surface area (Å²) in [6, 6.07) is 8.68. The molecule has 0 aliphatic carbocycles. The highest BCUT2D eigenvalue weighted by Gasteiger charge is 2.09. The van der Waals surface area contributed by atoms with Gasteiger partial charge in [0.2, 0.25) is 5.95 Å². The van der Waals surface area contributed by atoms with Gasteiger partial charge in [0.05, 0.1) is 26.3 Å². The van der Waals surface area contributed by atoms with Gasteiger partial charge in [-0.25, -0.2) is 14.8 Å². The third kappa shape index (κ3) is 5.58. The molecule has 3 N–H and O–H groups in total. The van der Waals surface area contributed by atoms with Crippen molar-refractivity contribution in [3.8, 4) is 10.6 Å². The van der Waals surface area contributed by atoms with Crippen molar-refractivity contribution in [3.05, 3.63) is 57.5 Å². The van der Waals surface area contributed by atoms with Crippen molar-refractivity contribution in [1.82, 2.24) is 15.3 Å². The molecule has 9 heteroatoms. The van der Waals surface area contributed by atoms with Crippen molar-refractivity contribution in [2.75, 3.05) is 23.7 Å². The highest BCUT2D eigenvalue weighted by Crippen LogP contribution is 2.29. The summed E-state index contributed by atoms with van der Waals surface area (Å²) in [4.78, 5) is 21.8. The number of rotatable bonds is 7. The normalized spacial score (nSPS) is 10.5. The first-order chi connectivity index (χ1) is 13.5. The second-order valence-electron chi connectivity index (χ2n) is 6.01. The lowest BCUT2D eigenvalue weighted by molar-refractivity contribution is 0.252. The summed E-state index contributed by atoms with van der Waals surface area (Å²) < 4.78 is 0. The SMILES string of the molecule is Cc1csc(-c2ccnc(NCCCNC(=O)Nc3c(Cl)cccc3Cl)n2)c1. The van der Waals surface area contributed by atoms with Gasteiger partial charge in [-0.05, 0) is 48.6 Å². The number of urea groups is 1. The molecule has 28 heavy (non-hydrogen) atoms. The number of halogens is 2. The fraction of sp³-hybridized carbons (Fsp3) is 0.211. The number of carbonyl (C=O) groups is 1. The summed E-state index contributed by atoms with van der Waals surface area (Å²) >= 11 is 13.7. The summed E-state index contributed by atoms with van der Waals surface area (Å²) in [6.45, 7) is 3.16. The average molecular weight is 436 g/mol. The Bertz CT molecular complexity index is 943. The Labute approximate surface area is 177 Å². The molecule has 0 radical (unpaired) electrons. The number of thiophene rings is 1. The van der Waals surface area contributed by atoms with Crippen LogP contribution in [0.3, 0.4) is 0 Å². The minimum Gasteiger partial charge on any atom is -0.354 e. The standard InChI is InChI=1S/C19H19Cl2N5OS/c1-12-10-16(28-11-12)15-6-9-23-18(25-15)22-7-3-8-24-19(27)26-17-13(20)4-2-5-14(17)21/h2,4-6,9-11H,3,7-8H2,1H3,(H,22,23,25)(H2,24,26,27). The summed E-state index contributed by atoms with van der Waals surface area (Å²) in [5.41, 5.74) is 2.51. The van der Waals surface area contributed by atoms with Crippen LogP contribution in [0.15, 0.2) is 41.9 Å². The zero-order valence-corrected chi connectivity index (χ0v) is 17.5. The van der Waals surface area contributed by atoms with Crippen LogP contribution in [0.5, 0.6) is 0 Å². The van der Waals surface area contributed by atoms with Crippen molar-refractivity contribution in [3.63, 3.8) is 0 Å². The number of para-hydroxylation sites is 1. The fourth-order valence-electron chi connectivity index (χ4n) is 2.41. The molecule has 146 valence electrons. The first-order valence-electron chi connectivity index (χ1n) is 8.64. The topological polar surface area (TPSA) is 78.9 Å². The zero-order chi connectivity index (χ0) is 19.9. The van der Waals surface area contributed by atoms with E-state index in [4.69, 9.17) is 23.2 Å². The van der Waals surface area contributed by atoms with E-state index in [1.54, 1.807) is 35.7 Å². The largest absolute Gasteiger partial charge is 0.354 e. The van der Waals surface area contributed by atoms with Crippen LogP contribution in [0.25, 0.3) is 10.6 Å². The molecule has 2 heterocycles. The van der Waals surface area contributed by atoms with E-state index in [1.807, 2.05) is 6.07 Å². The minimum absolute atomic E-state index is 0.360. The quantitative estimate of drug-likeness (QED) is 0.431. The van der Waals surface area contributed by atoms with Gasteiger partial charge in [-0.1, -0.05) is 29.3 Å². The van der Waals surface area contributed by atoms with Crippen LogP contribution < -0.4 is 16.0 Å². The van der Waals surface area contributed by atoms with E-state index in [9.17, 15) is 4.79 Å². The van der Waals surface area contributed by atoms with Crippen LogP contribution in [0.2, 0.25) is 10.0 Å². The maximum atomic E-state index is 12.0. The lowest BCUT2D eigenvalue weighted by atomic mass is 10.3. The summed E-state index contributed by atoms with van der Waals surface area (Å²) in [5.74, 6) is 0.566. The van der Waals surface area contributed by atoms with E-state index in [-0.39, 0.29) is 6.03 Å². The second kappa shape index (κ2) is 9.73. The van der Waals surface area contributed by atoms with E-state index in [0.29, 0.717) is 41.2 Å². The average Bonchev–Trinajstić information content (AvgIpc) is 3.11. The number of benzene rings is 1. The zero-order valence-electron chi connectivity index (χ0n) is 15.1. The van der Waals surface area contributed by atoms with Gasteiger partial charge in [0, 0.05) is 19.3 Å². The van der Waals surface area contributed by atoms with Crippen LogP contribution in [-0.4, -0.2) is 29.1 Å². The fourth-order valence-corrected chi connectivity index (χ4v) is 3.77. The third-order valence-electron chi connectivity index (χ3n) is 3.76. The van der Waals surface area contributed by atoms with Crippen LogP contribution in [0, 0.1) is 6.92 Å². The Morgan fingerprint density at radius 1 is 1.18 bits per heavy atom. The number of amides is 2. The van der Waals surface area contributed by atoms with E-state index in [2.05, 4.69) is 44.3 Å². The smallest absolute Gasteiger partial charge is 0.319 e. The Morgan fingerprint density at radius 2 is 1.96 bits per heavy atom. The Morgan fingerprint density at radius 3 is 2.68 bits per heavy atom. The molecular weight excluding hydrogens is 417 g/mol. The van der Waals surface area contributed by atoms with Crippen molar-refractivity contribution in [1.29, 1.82) is 0 Å². The van der Waals surface area contributed by atoms with Gasteiger partial charge in [-0.2, -0.15) is 0 Å². The number of anilines is 2. The molecule has 2 aromatic heterocycles. The number of carbonyl (C=O) groups excluding carboxylic acids is 1. The molecule has 0 atom stereocenters. The van der Waals surface area contributed by atoms with Gasteiger partial charge in [-0.3, -0.25) is 0 Å². The molecular formula is C19H19Cl2N5OS. The lowest BCUT2D eigenvalue weighted by Gasteiger charge is -2.10. The van der Waals surface area contributed by atoms with Crippen molar-refractivity contribution < 1.29 is 4.79 Å². The first-order valence-corrected chi connectivity index (χ1v) is 10.3. The van der Waals surface area contributed by atoms with Crippen molar-refractivity contribution >= 4 is 52.2 Å². The molecule has 3 aromatic rings. The molecule has 0 spiro atoms. The van der Waals surface area contributed by atoms with E-state index in [1.165, 1.54) is 5.56 Å². The number of aryl methyl sites for hydroxylation is 1. The van der Waals surface area contributed by atoms with Gasteiger partial charge in [0.15, 0.2) is 0 Å². The summed E-state index contributed by atoms with van der Waals surface area (Å²) in [5, 5.41) is 11.5. The second-order valence-corrected chi connectivity index (χ2v) is 7.74. The first kappa shape index (κ1) is 20.4. The highest BCUT2D eigenvalue weighted by molar-refractivity contribution is 7.13. The van der Waals surface area contributed by atoms with Crippen LogP contribution in [0.4, 0.5) is 16.4 Å². The molecule has 3 rings (SSSR count). The van der Waals surface area contributed by atoms with Gasteiger partial charge in [0.25, 0.3) is 0 Å². The Kier molecular flexibility index (Phi) is 7.08. The highest BCUT2D eigenvalue weighted by atomic mass is 35.5. The molecule has 2 amide bonds. The van der Waals surface area contributed by atoms with Gasteiger partial charge in [0.1, 0.15) is 0 Å². The predicted molar refractivity (Wildman–Crippen MR) is 117 cm³/mol. The van der Waals surface area contributed by atoms with E-state index < -0.39 is 0 Å². The maximum Gasteiger partial charge on any atom is 0.319 e. The number of hydrogen-bond acceptors (Lipinski definition) is 5. The molecule has 0 aliphatic heterocycles. The molecule has 1 aromatic carbocycles. The van der Waals surface area contributed by atoms with Crippen molar-refractivity contribution in [2.24, 2.45) is 0 Å². The van der Waals surface area contributed by atoms with Crippen LogP contribution in [-0.2, 0) is 0 Å². The van der Waals surface area contributed by atoms with Crippen LogP contribution in [0.1, 0.15) is 12.0 Å². The van der Waals surface area contributed by atoms with E-state index in [0.717, 1.165) is 10.6 Å². The lowest BCUT2D eigenvalue weighted by Crippen LogP contribution is -2.30. The Balaban J connectivity index is 1.42. The number of aromatic nitrogens is 2. The molecule has 0 unspecified atom stereocenters. The number of nitrogens with zero attached hydrogens (tertiary/aromatic N) is 2. The van der Waals surface area contributed by atoms with Gasteiger partial charge in [-0.15, -0.1) is 11.3 Å². The molecule has 0 saturated carbocycles. The van der Waals surface area contributed by atoms with Crippen molar-refractivity contribution in [2.45, 2.75) is 13.3 Å². The molecule has 0 aliphatic rings. The minimum atomic E-state index is -0.360. The van der Waals surface area contributed by atoms with Crippen LogP contribution >= 0.6 is 34.5 Å². The molecule has 0 saturated heterocycles. The third-order valence-corrected chi connectivity index (χ3v) is 5.46. The maximum absolute atomic E-state index is 12.0. The molecule has 0 fully saturated rings. The molecule has 6 nitrogen and oxygen atoms in total. The summed E-state index contributed by atoms with van der Waals surface area (Å²) in [6.07, 6.45) is 2.44. The monoisotopic (exact) mass is 435 g/mol. The summed E-state index contributed by atoms with van der Waals surface area (Å²) in [7, 11) is 0. The number of hydrogen-bond donors (Lipinski definition) is 3. The van der Waals surface area contributed by atoms with Gasteiger partial charge >= 0.3 is 6.03 Å². The van der Waals surface area contributed by atoms with E-state index >= 15 is 0 Å². The predicted octanol–water partition coefficient (Wildman–Crippen LogP) is 5.44. The molecule has 0 bridgehead atoms. The van der Waals surface area contributed by atoms with Gasteiger partial charge < -0.3 is 16.0 Å². The number of nitrogens with one attached hydrogen (secondary N) is 3.